The van der Waals surface area contributed by atoms with Gasteiger partial charge < -0.3 is 19.9 Å². The zero-order chi connectivity index (χ0) is 20.9. The highest BCUT2D eigenvalue weighted by molar-refractivity contribution is 5.67. The third-order valence-electron chi connectivity index (χ3n) is 5.26. The second-order valence-electron chi connectivity index (χ2n) is 8.04. The fraction of sp³-hybridized carbons (Fsp3) is 0.957. The Labute approximate surface area is 175 Å². The number of hydrogen-bond donors (Lipinski definition) is 1. The van der Waals surface area contributed by atoms with E-state index < -0.39 is 0 Å². The number of ether oxygens (including phenoxy) is 1. The Morgan fingerprint density at radius 2 is 1.25 bits per heavy atom. The van der Waals surface area contributed by atoms with Gasteiger partial charge in [0.2, 0.25) is 0 Å². The highest BCUT2D eigenvalue weighted by Gasteiger charge is 2.14. The first-order valence-corrected chi connectivity index (χ1v) is 11.9. The standard InChI is InChI=1S/C23H49N3O2/c1-5-7-9-11-13-15-18-26(19-16-14-12-10-8-6-2)23(27)28-22-21-25(4)20-17-24-3/h24H,5-22H2,1-4H3. The SMILES string of the molecule is CCCCCCCCN(CCCCCCCC)C(=O)OCCN(C)CCNC. The van der Waals surface area contributed by atoms with Gasteiger partial charge in [-0.3, -0.25) is 0 Å². The largest absolute Gasteiger partial charge is 0.448 e. The minimum Gasteiger partial charge on any atom is -0.448 e. The molecule has 5 heteroatoms. The highest BCUT2D eigenvalue weighted by Crippen LogP contribution is 2.10. The van der Waals surface area contributed by atoms with E-state index in [1.54, 1.807) is 0 Å². The molecule has 0 atom stereocenters. The van der Waals surface area contributed by atoms with Crippen molar-refractivity contribution in [3.8, 4) is 0 Å². The maximum atomic E-state index is 12.5. The van der Waals surface area contributed by atoms with Gasteiger partial charge in [-0.2, -0.15) is 0 Å². The van der Waals surface area contributed by atoms with Gasteiger partial charge >= 0.3 is 6.09 Å². The summed E-state index contributed by atoms with van der Waals surface area (Å²) in [5.74, 6) is 0. The molecule has 0 spiro atoms. The average Bonchev–Trinajstić information content (AvgIpc) is 2.69. The van der Waals surface area contributed by atoms with E-state index in [9.17, 15) is 4.79 Å². The van der Waals surface area contributed by atoms with Crippen molar-refractivity contribution in [1.29, 1.82) is 0 Å². The normalized spacial score (nSPS) is 11.2. The Bertz CT molecular complexity index is 324. The topological polar surface area (TPSA) is 44.8 Å². The van der Waals surface area contributed by atoms with Crippen LogP contribution in [0, 0.1) is 0 Å². The average molecular weight is 400 g/mol. The minimum atomic E-state index is -0.121. The Kier molecular flexibility index (Phi) is 20.3. The van der Waals surface area contributed by atoms with E-state index in [1.807, 2.05) is 11.9 Å². The third kappa shape index (κ3) is 17.3. The number of carbonyl (C=O) groups is 1. The van der Waals surface area contributed by atoms with Gasteiger partial charge in [0.15, 0.2) is 0 Å². The zero-order valence-electron chi connectivity index (χ0n) is 19.4. The van der Waals surface area contributed by atoms with Gasteiger partial charge in [0.1, 0.15) is 6.61 Å². The molecule has 5 nitrogen and oxygen atoms in total. The van der Waals surface area contributed by atoms with Crippen molar-refractivity contribution in [1.82, 2.24) is 15.1 Å². The molecular weight excluding hydrogens is 350 g/mol. The van der Waals surface area contributed by atoms with E-state index in [0.717, 1.165) is 45.6 Å². The first kappa shape index (κ1) is 27.2. The summed E-state index contributed by atoms with van der Waals surface area (Å²) in [5.41, 5.74) is 0. The molecule has 0 aromatic rings. The van der Waals surface area contributed by atoms with E-state index in [4.69, 9.17) is 4.74 Å². The number of rotatable bonds is 20. The number of amides is 1. The lowest BCUT2D eigenvalue weighted by atomic mass is 10.1. The van der Waals surface area contributed by atoms with Crippen molar-refractivity contribution >= 4 is 6.09 Å². The van der Waals surface area contributed by atoms with Crippen LogP contribution < -0.4 is 5.32 Å². The van der Waals surface area contributed by atoms with E-state index >= 15 is 0 Å². The van der Waals surface area contributed by atoms with Crippen molar-refractivity contribution in [2.24, 2.45) is 0 Å². The number of nitrogens with zero attached hydrogens (tertiary/aromatic N) is 2. The van der Waals surface area contributed by atoms with Crippen LogP contribution in [0.25, 0.3) is 0 Å². The molecule has 1 amide bonds. The molecule has 0 unspecified atom stereocenters. The molecule has 0 saturated heterocycles. The van der Waals surface area contributed by atoms with Gasteiger partial charge in [-0.15, -0.1) is 0 Å². The molecule has 0 radical (unpaired) electrons. The van der Waals surface area contributed by atoms with E-state index in [2.05, 4.69) is 31.1 Å². The molecular formula is C23H49N3O2. The predicted molar refractivity (Wildman–Crippen MR) is 121 cm³/mol. The van der Waals surface area contributed by atoms with Crippen LogP contribution in [0.2, 0.25) is 0 Å². The number of carbonyl (C=O) groups excluding carboxylic acids is 1. The van der Waals surface area contributed by atoms with Crippen LogP contribution in [0.3, 0.4) is 0 Å². The second kappa shape index (κ2) is 20.9. The fourth-order valence-electron chi connectivity index (χ4n) is 3.25. The Morgan fingerprint density at radius 3 is 1.75 bits per heavy atom. The molecule has 28 heavy (non-hydrogen) atoms. The van der Waals surface area contributed by atoms with Crippen LogP contribution >= 0.6 is 0 Å². The van der Waals surface area contributed by atoms with Gasteiger partial charge in [0.25, 0.3) is 0 Å². The number of unbranched alkanes of at least 4 members (excludes halogenated alkanes) is 10. The number of nitrogens with one attached hydrogen (secondary N) is 1. The molecule has 0 aromatic carbocycles. The van der Waals surface area contributed by atoms with Crippen LogP contribution in [0.4, 0.5) is 4.79 Å². The summed E-state index contributed by atoms with van der Waals surface area (Å²) in [7, 11) is 4.02. The number of hydrogen-bond acceptors (Lipinski definition) is 4. The molecule has 168 valence electrons. The van der Waals surface area contributed by atoms with Crippen LogP contribution in [0.1, 0.15) is 90.9 Å². The summed E-state index contributed by atoms with van der Waals surface area (Å²) in [6, 6.07) is 0. The van der Waals surface area contributed by atoms with Gasteiger partial charge in [-0.25, -0.2) is 4.79 Å². The lowest BCUT2D eigenvalue weighted by Gasteiger charge is -2.23. The maximum absolute atomic E-state index is 12.5. The first-order valence-electron chi connectivity index (χ1n) is 11.9. The first-order chi connectivity index (χ1) is 13.7. The van der Waals surface area contributed by atoms with E-state index in [-0.39, 0.29) is 6.09 Å². The van der Waals surface area contributed by atoms with Crippen molar-refractivity contribution in [2.45, 2.75) is 90.9 Å². The summed E-state index contributed by atoms with van der Waals surface area (Å²) in [6.45, 7) is 9.35. The Balaban J connectivity index is 4.14. The molecule has 0 rings (SSSR count). The minimum absolute atomic E-state index is 0.121. The third-order valence-corrected chi connectivity index (χ3v) is 5.26. The van der Waals surface area contributed by atoms with Crippen LogP contribution in [0.15, 0.2) is 0 Å². The molecule has 0 aliphatic heterocycles. The highest BCUT2D eigenvalue weighted by atomic mass is 16.6. The second-order valence-corrected chi connectivity index (χ2v) is 8.04. The van der Waals surface area contributed by atoms with Crippen molar-refractivity contribution < 1.29 is 9.53 Å². The molecule has 1 N–H and O–H groups in total. The van der Waals surface area contributed by atoms with Gasteiger partial charge in [-0.1, -0.05) is 78.1 Å². The Morgan fingerprint density at radius 1 is 0.750 bits per heavy atom. The van der Waals surface area contributed by atoms with Gasteiger partial charge in [-0.05, 0) is 26.9 Å². The molecule has 0 aliphatic rings. The van der Waals surface area contributed by atoms with Crippen molar-refractivity contribution in [3.05, 3.63) is 0 Å². The fourth-order valence-corrected chi connectivity index (χ4v) is 3.25. The van der Waals surface area contributed by atoms with E-state index in [0.29, 0.717) is 6.61 Å². The summed E-state index contributed by atoms with van der Waals surface area (Å²) in [4.78, 5) is 16.7. The van der Waals surface area contributed by atoms with Gasteiger partial charge in [0.05, 0.1) is 0 Å². The zero-order valence-corrected chi connectivity index (χ0v) is 19.4. The lowest BCUT2D eigenvalue weighted by molar-refractivity contribution is 0.0923. The van der Waals surface area contributed by atoms with Gasteiger partial charge in [0, 0.05) is 32.7 Å². The monoisotopic (exact) mass is 399 g/mol. The van der Waals surface area contributed by atoms with Crippen molar-refractivity contribution in [2.75, 3.05) is 53.4 Å². The summed E-state index contributed by atoms with van der Waals surface area (Å²) < 4.78 is 5.57. The van der Waals surface area contributed by atoms with Crippen LogP contribution in [-0.4, -0.2) is 69.3 Å². The molecule has 0 aromatic heterocycles. The predicted octanol–water partition coefficient (Wildman–Crippen LogP) is 5.30. The molecule has 0 aliphatic carbocycles. The van der Waals surface area contributed by atoms with E-state index in [1.165, 1.54) is 64.2 Å². The van der Waals surface area contributed by atoms with Crippen LogP contribution in [0.5, 0.6) is 0 Å². The summed E-state index contributed by atoms with van der Waals surface area (Å²) in [6.07, 6.45) is 14.9. The lowest BCUT2D eigenvalue weighted by Crippen LogP contribution is -2.36. The van der Waals surface area contributed by atoms with Crippen molar-refractivity contribution in [3.63, 3.8) is 0 Å². The molecule has 0 bridgehead atoms. The summed E-state index contributed by atoms with van der Waals surface area (Å²) >= 11 is 0. The smallest absolute Gasteiger partial charge is 0.409 e. The molecule has 0 saturated carbocycles. The molecule has 0 fully saturated rings. The maximum Gasteiger partial charge on any atom is 0.409 e. The quantitative estimate of drug-likeness (QED) is 0.282. The molecule has 0 heterocycles. The number of likely N-dealkylation sites (N-methyl/N-ethyl adjacent to an activating group) is 2. The Hall–Kier alpha value is -0.810. The summed E-state index contributed by atoms with van der Waals surface area (Å²) in [5, 5.41) is 3.14. The van der Waals surface area contributed by atoms with Crippen LogP contribution in [-0.2, 0) is 4.74 Å².